The van der Waals surface area contributed by atoms with Crippen LogP contribution in [0.25, 0.3) is 0 Å². The highest BCUT2D eigenvalue weighted by atomic mass is 35.5. The van der Waals surface area contributed by atoms with Gasteiger partial charge in [-0.3, -0.25) is 4.98 Å². The highest BCUT2D eigenvalue weighted by Crippen LogP contribution is 2.36. The number of imidazole rings is 1. The second-order valence-electron chi connectivity index (χ2n) is 6.71. The Kier molecular flexibility index (Phi) is 7.52. The number of rotatable bonds is 7. The van der Waals surface area contributed by atoms with E-state index in [0.29, 0.717) is 16.7 Å². The van der Waals surface area contributed by atoms with Crippen molar-refractivity contribution in [3.8, 4) is 0 Å². The molecule has 1 aromatic carbocycles. The molecular formula is C21H23ClN4OS2. The molecule has 0 saturated carbocycles. The molecule has 3 rings (SSSR count). The van der Waals surface area contributed by atoms with Gasteiger partial charge in [-0.2, -0.15) is 0 Å². The monoisotopic (exact) mass is 446 g/mol. The zero-order valence-corrected chi connectivity index (χ0v) is 18.9. The summed E-state index contributed by atoms with van der Waals surface area (Å²) in [6.45, 7) is 5.21. The van der Waals surface area contributed by atoms with Crippen LogP contribution in [0.15, 0.2) is 58.7 Å². The molecule has 0 radical (unpaired) electrons. The van der Waals surface area contributed by atoms with E-state index in [1.807, 2.05) is 36.5 Å². The van der Waals surface area contributed by atoms with E-state index in [0.717, 1.165) is 27.0 Å². The summed E-state index contributed by atoms with van der Waals surface area (Å²) in [5, 5.41) is 4.96. The van der Waals surface area contributed by atoms with Crippen molar-refractivity contribution in [1.82, 2.24) is 19.9 Å². The predicted molar refractivity (Wildman–Crippen MR) is 122 cm³/mol. The van der Waals surface area contributed by atoms with Gasteiger partial charge in [0.2, 0.25) is 0 Å². The topological polar surface area (TPSA) is 52.0 Å². The van der Waals surface area contributed by atoms with Crippen molar-refractivity contribution in [3.63, 3.8) is 0 Å². The zero-order chi connectivity index (χ0) is 20.8. The average molecular weight is 447 g/mol. The van der Waals surface area contributed by atoms with E-state index < -0.39 is 0 Å². The SMILES string of the molecule is CNC(=S)OCc1nc(C(C)C)c(Sc2cccc(Cl)c2)n1Cc1cccnc1. The van der Waals surface area contributed by atoms with Gasteiger partial charge in [-0.05, 0) is 48.0 Å². The van der Waals surface area contributed by atoms with Crippen LogP contribution in [0.1, 0.15) is 36.8 Å². The van der Waals surface area contributed by atoms with Gasteiger partial charge < -0.3 is 14.6 Å². The quantitative estimate of drug-likeness (QED) is 0.498. The Bertz CT molecular complexity index is 976. The fourth-order valence-electron chi connectivity index (χ4n) is 2.78. The lowest BCUT2D eigenvalue weighted by Gasteiger charge is -2.14. The first kappa shape index (κ1) is 21.6. The van der Waals surface area contributed by atoms with Gasteiger partial charge in [0.25, 0.3) is 5.17 Å². The van der Waals surface area contributed by atoms with Gasteiger partial charge in [-0.25, -0.2) is 4.98 Å². The lowest BCUT2D eigenvalue weighted by Crippen LogP contribution is -2.20. The lowest BCUT2D eigenvalue weighted by molar-refractivity contribution is 0.273. The molecule has 0 fully saturated rings. The van der Waals surface area contributed by atoms with Gasteiger partial charge in [0.1, 0.15) is 17.5 Å². The molecule has 0 aliphatic carbocycles. The van der Waals surface area contributed by atoms with E-state index >= 15 is 0 Å². The van der Waals surface area contributed by atoms with Crippen LogP contribution in [-0.2, 0) is 17.9 Å². The van der Waals surface area contributed by atoms with Crippen LogP contribution in [0, 0.1) is 0 Å². The van der Waals surface area contributed by atoms with E-state index in [1.54, 1.807) is 25.0 Å². The van der Waals surface area contributed by atoms with Gasteiger partial charge in [0.05, 0.1) is 12.2 Å². The Labute approximate surface area is 185 Å². The summed E-state index contributed by atoms with van der Waals surface area (Å²) >= 11 is 13.0. The number of hydrogen-bond acceptors (Lipinski definition) is 5. The smallest absolute Gasteiger partial charge is 0.256 e. The Morgan fingerprint density at radius 2 is 2.14 bits per heavy atom. The standard InChI is InChI=1S/C21H23ClN4OS2/c1-14(2)19-20(29-17-8-4-7-16(22)10-17)26(12-15-6-5-9-24-11-15)18(25-19)13-27-21(28)23-3/h4-11,14H,12-13H2,1-3H3,(H,23,28). The number of halogens is 1. The molecule has 29 heavy (non-hydrogen) atoms. The van der Waals surface area contributed by atoms with Crippen molar-refractivity contribution in [2.75, 3.05) is 7.05 Å². The Balaban J connectivity index is 2.04. The summed E-state index contributed by atoms with van der Waals surface area (Å²) in [7, 11) is 1.74. The van der Waals surface area contributed by atoms with Crippen molar-refractivity contribution in [2.45, 2.75) is 42.8 Å². The van der Waals surface area contributed by atoms with E-state index in [4.69, 9.17) is 33.5 Å². The Morgan fingerprint density at radius 1 is 1.31 bits per heavy atom. The zero-order valence-electron chi connectivity index (χ0n) is 16.6. The molecule has 0 atom stereocenters. The third-order valence-electron chi connectivity index (χ3n) is 4.18. The Morgan fingerprint density at radius 3 is 2.79 bits per heavy atom. The molecule has 0 unspecified atom stereocenters. The average Bonchev–Trinajstić information content (AvgIpc) is 3.04. The molecule has 0 spiro atoms. The largest absolute Gasteiger partial charge is 0.463 e. The van der Waals surface area contributed by atoms with Gasteiger partial charge in [0.15, 0.2) is 0 Å². The second kappa shape index (κ2) is 10.1. The van der Waals surface area contributed by atoms with Crippen LogP contribution in [0.2, 0.25) is 5.02 Å². The van der Waals surface area contributed by atoms with Gasteiger partial charge in [-0.15, -0.1) is 0 Å². The lowest BCUT2D eigenvalue weighted by atomic mass is 10.1. The predicted octanol–water partition coefficient (Wildman–Crippen LogP) is 5.28. The van der Waals surface area contributed by atoms with Crippen molar-refractivity contribution < 1.29 is 4.74 Å². The highest BCUT2D eigenvalue weighted by Gasteiger charge is 2.21. The molecule has 0 aliphatic rings. The first-order chi connectivity index (χ1) is 14.0. The van der Waals surface area contributed by atoms with Crippen LogP contribution in [0.5, 0.6) is 0 Å². The summed E-state index contributed by atoms with van der Waals surface area (Å²) in [6, 6.07) is 11.8. The van der Waals surface area contributed by atoms with Crippen molar-refractivity contribution in [2.24, 2.45) is 0 Å². The van der Waals surface area contributed by atoms with E-state index in [1.165, 1.54) is 0 Å². The molecule has 0 amide bonds. The number of hydrogen-bond donors (Lipinski definition) is 1. The highest BCUT2D eigenvalue weighted by molar-refractivity contribution is 7.99. The maximum atomic E-state index is 6.20. The molecule has 5 nitrogen and oxygen atoms in total. The van der Waals surface area contributed by atoms with Crippen LogP contribution in [-0.4, -0.2) is 26.8 Å². The molecule has 0 bridgehead atoms. The molecule has 8 heteroatoms. The minimum Gasteiger partial charge on any atom is -0.463 e. The Hall–Kier alpha value is -2.09. The first-order valence-electron chi connectivity index (χ1n) is 9.24. The van der Waals surface area contributed by atoms with E-state index in [9.17, 15) is 0 Å². The maximum Gasteiger partial charge on any atom is 0.256 e. The van der Waals surface area contributed by atoms with Crippen LogP contribution >= 0.6 is 35.6 Å². The molecule has 152 valence electrons. The summed E-state index contributed by atoms with van der Waals surface area (Å²) in [5.41, 5.74) is 2.11. The number of nitrogens with one attached hydrogen (secondary N) is 1. The molecule has 2 heterocycles. The molecular weight excluding hydrogens is 424 g/mol. The number of nitrogens with zero attached hydrogens (tertiary/aromatic N) is 3. The fourth-order valence-corrected chi connectivity index (χ4v) is 4.31. The summed E-state index contributed by atoms with van der Waals surface area (Å²) in [6.07, 6.45) is 3.64. The third-order valence-corrected chi connectivity index (χ3v) is 5.85. The minimum atomic E-state index is 0.252. The van der Waals surface area contributed by atoms with Gasteiger partial charge >= 0.3 is 0 Å². The first-order valence-corrected chi connectivity index (χ1v) is 10.8. The molecule has 0 aliphatic heterocycles. The number of benzene rings is 1. The molecule has 1 N–H and O–H groups in total. The molecule has 3 aromatic rings. The van der Waals surface area contributed by atoms with Crippen molar-refractivity contribution >= 4 is 40.8 Å². The maximum absolute atomic E-state index is 6.20. The van der Waals surface area contributed by atoms with Crippen molar-refractivity contribution in [3.05, 3.63) is 70.9 Å². The number of pyridine rings is 1. The van der Waals surface area contributed by atoms with E-state index in [-0.39, 0.29) is 12.5 Å². The van der Waals surface area contributed by atoms with Gasteiger partial charge in [-0.1, -0.05) is 49.3 Å². The summed E-state index contributed by atoms with van der Waals surface area (Å²) in [4.78, 5) is 10.2. The normalized spacial score (nSPS) is 10.9. The molecule has 0 saturated heterocycles. The van der Waals surface area contributed by atoms with Gasteiger partial charge in [0, 0.05) is 29.4 Å². The number of thiocarbonyl (C=S) groups is 1. The van der Waals surface area contributed by atoms with Crippen molar-refractivity contribution in [1.29, 1.82) is 0 Å². The van der Waals surface area contributed by atoms with Crippen LogP contribution < -0.4 is 5.32 Å². The number of ether oxygens (including phenoxy) is 1. The van der Waals surface area contributed by atoms with E-state index in [2.05, 4.69) is 34.8 Å². The third kappa shape index (κ3) is 5.72. The summed E-state index contributed by atoms with van der Waals surface area (Å²) < 4.78 is 7.84. The van der Waals surface area contributed by atoms with Crippen LogP contribution in [0.4, 0.5) is 0 Å². The fraction of sp³-hybridized carbons (Fsp3) is 0.286. The molecule has 2 aromatic heterocycles. The number of aromatic nitrogens is 3. The van der Waals surface area contributed by atoms with Crippen LogP contribution in [0.3, 0.4) is 0 Å². The second-order valence-corrected chi connectivity index (χ2v) is 8.58. The summed E-state index contributed by atoms with van der Waals surface area (Å²) in [5.74, 6) is 1.07. The minimum absolute atomic E-state index is 0.252.